The van der Waals surface area contributed by atoms with E-state index in [1.165, 1.54) is 7.11 Å². The van der Waals surface area contributed by atoms with Crippen molar-refractivity contribution in [2.45, 2.75) is 34.1 Å². The number of aromatic nitrogens is 2. The minimum atomic E-state index is -0.445. The van der Waals surface area contributed by atoms with Crippen LogP contribution < -0.4 is 0 Å². The Balaban J connectivity index is 0.000000791. The summed E-state index contributed by atoms with van der Waals surface area (Å²) in [6.07, 6.45) is 1.91. The fourth-order valence-electron chi connectivity index (χ4n) is 2.29. The molecule has 0 amide bonds. The van der Waals surface area contributed by atoms with Crippen molar-refractivity contribution in [2.75, 3.05) is 7.11 Å². The molecule has 2 aromatic heterocycles. The zero-order valence-corrected chi connectivity index (χ0v) is 16.0. The number of rotatable bonds is 4. The molecule has 5 nitrogen and oxygen atoms in total. The summed E-state index contributed by atoms with van der Waals surface area (Å²) < 4.78 is 4.67. The number of nitrogens with one attached hydrogen (secondary N) is 1. The Bertz CT molecular complexity index is 839. The minimum Gasteiger partial charge on any atom is -0.464 e. The third-order valence-electron chi connectivity index (χ3n) is 3.39. The first kappa shape index (κ1) is 21.1. The van der Waals surface area contributed by atoms with Gasteiger partial charge in [0.05, 0.1) is 7.11 Å². The summed E-state index contributed by atoms with van der Waals surface area (Å²) >= 11 is 0. The van der Waals surface area contributed by atoms with Gasteiger partial charge in [-0.1, -0.05) is 58.0 Å². The van der Waals surface area contributed by atoms with Gasteiger partial charge in [-0.2, -0.15) is 0 Å². The van der Waals surface area contributed by atoms with Gasteiger partial charge in [0.2, 0.25) is 0 Å². The van der Waals surface area contributed by atoms with Gasteiger partial charge in [0.25, 0.3) is 0 Å². The molecule has 0 fully saturated rings. The molecular formula is C21H26N2O3. The molecule has 3 aromatic rings. The van der Waals surface area contributed by atoms with Crippen LogP contribution in [-0.4, -0.2) is 28.8 Å². The van der Waals surface area contributed by atoms with Crippen LogP contribution in [0.25, 0.3) is 11.0 Å². The Labute approximate surface area is 154 Å². The van der Waals surface area contributed by atoms with Gasteiger partial charge in [0, 0.05) is 23.6 Å². The normalized spacial score (nSPS) is 9.42. The van der Waals surface area contributed by atoms with Gasteiger partial charge in [-0.05, 0) is 17.7 Å². The topological polar surface area (TPSA) is 72.1 Å². The van der Waals surface area contributed by atoms with Crippen LogP contribution >= 0.6 is 0 Å². The number of esters is 1. The SMILES string of the molecule is CC.CC.COC(=O)c1cc2cc(CC(=O)c3ccccc3)cnc2[nH]1. The van der Waals surface area contributed by atoms with Gasteiger partial charge in [0.1, 0.15) is 11.3 Å². The summed E-state index contributed by atoms with van der Waals surface area (Å²) in [5.74, 6) is -0.412. The summed E-state index contributed by atoms with van der Waals surface area (Å²) in [4.78, 5) is 30.8. The molecule has 1 aromatic carbocycles. The molecule has 2 heterocycles. The number of benzene rings is 1. The lowest BCUT2D eigenvalue weighted by molar-refractivity contribution is 0.0595. The lowest BCUT2D eigenvalue weighted by Crippen LogP contribution is -2.03. The zero-order valence-electron chi connectivity index (χ0n) is 16.0. The molecule has 0 aliphatic heterocycles. The van der Waals surface area contributed by atoms with Gasteiger partial charge >= 0.3 is 5.97 Å². The summed E-state index contributed by atoms with van der Waals surface area (Å²) in [6.45, 7) is 8.00. The van der Waals surface area contributed by atoms with Crippen LogP contribution in [0.5, 0.6) is 0 Å². The number of hydrogen-bond acceptors (Lipinski definition) is 4. The van der Waals surface area contributed by atoms with Gasteiger partial charge in [-0.3, -0.25) is 4.79 Å². The summed E-state index contributed by atoms with van der Waals surface area (Å²) in [6, 6.07) is 12.7. The van der Waals surface area contributed by atoms with E-state index in [2.05, 4.69) is 14.7 Å². The number of carbonyl (C=O) groups is 2. The van der Waals surface area contributed by atoms with E-state index in [4.69, 9.17) is 0 Å². The fraction of sp³-hybridized carbons (Fsp3) is 0.286. The van der Waals surface area contributed by atoms with Gasteiger partial charge in [-0.25, -0.2) is 9.78 Å². The average molecular weight is 354 g/mol. The van der Waals surface area contributed by atoms with E-state index >= 15 is 0 Å². The second-order valence-electron chi connectivity index (χ2n) is 4.92. The highest BCUT2D eigenvalue weighted by molar-refractivity contribution is 5.98. The van der Waals surface area contributed by atoms with Crippen molar-refractivity contribution in [3.8, 4) is 0 Å². The molecule has 0 aliphatic rings. The second kappa shape index (κ2) is 10.8. The molecule has 26 heavy (non-hydrogen) atoms. The number of pyridine rings is 1. The van der Waals surface area contributed by atoms with Gasteiger partial charge in [0.15, 0.2) is 5.78 Å². The molecule has 0 saturated heterocycles. The molecule has 0 aliphatic carbocycles. The van der Waals surface area contributed by atoms with E-state index in [-0.39, 0.29) is 12.2 Å². The maximum absolute atomic E-state index is 12.2. The van der Waals surface area contributed by atoms with Crippen LogP contribution in [0.3, 0.4) is 0 Å². The van der Waals surface area contributed by atoms with Gasteiger partial charge in [-0.15, -0.1) is 0 Å². The fourth-order valence-corrected chi connectivity index (χ4v) is 2.29. The zero-order chi connectivity index (χ0) is 19.5. The molecule has 0 atom stereocenters. The molecule has 0 unspecified atom stereocenters. The Hall–Kier alpha value is -2.95. The smallest absolute Gasteiger partial charge is 0.354 e. The lowest BCUT2D eigenvalue weighted by atomic mass is 10.0. The van der Waals surface area contributed by atoms with E-state index in [1.807, 2.05) is 52.0 Å². The first-order valence-corrected chi connectivity index (χ1v) is 8.81. The molecule has 0 spiro atoms. The molecule has 0 radical (unpaired) electrons. The molecule has 0 saturated carbocycles. The highest BCUT2D eigenvalue weighted by atomic mass is 16.5. The number of Topliss-reactive ketones (excluding diaryl/α,β-unsaturated/α-hetero) is 1. The number of carbonyl (C=O) groups excluding carboxylic acids is 2. The summed E-state index contributed by atoms with van der Waals surface area (Å²) in [5, 5.41) is 0.777. The van der Waals surface area contributed by atoms with Crippen LogP contribution in [0.15, 0.2) is 48.7 Å². The van der Waals surface area contributed by atoms with Crippen LogP contribution in [0.4, 0.5) is 0 Å². The maximum Gasteiger partial charge on any atom is 0.354 e. The van der Waals surface area contributed by atoms with E-state index in [0.717, 1.165) is 10.9 Å². The number of aromatic amines is 1. The minimum absolute atomic E-state index is 0.0328. The number of fused-ring (bicyclic) bond motifs is 1. The lowest BCUT2D eigenvalue weighted by Gasteiger charge is -2.01. The van der Waals surface area contributed by atoms with Crippen molar-refractivity contribution >= 4 is 22.8 Å². The number of nitrogens with zero attached hydrogens (tertiary/aromatic N) is 1. The van der Waals surface area contributed by atoms with E-state index in [0.29, 0.717) is 16.9 Å². The maximum atomic E-state index is 12.2. The monoisotopic (exact) mass is 354 g/mol. The number of ketones is 1. The number of hydrogen-bond donors (Lipinski definition) is 1. The van der Waals surface area contributed by atoms with Crippen molar-refractivity contribution in [3.05, 3.63) is 65.5 Å². The predicted octanol–water partition coefficient (Wildman–Crippen LogP) is 4.83. The van der Waals surface area contributed by atoms with Crippen molar-refractivity contribution in [3.63, 3.8) is 0 Å². The molecular weight excluding hydrogens is 328 g/mol. The highest BCUT2D eigenvalue weighted by Gasteiger charge is 2.12. The Kier molecular flexibility index (Phi) is 8.78. The molecule has 138 valence electrons. The standard InChI is InChI=1S/C17H14N2O3.2C2H6/c1-22-17(21)14-9-13-7-11(10-18-16(13)19-14)8-15(20)12-5-3-2-4-6-12;2*1-2/h2-7,9-10H,8H2,1H3,(H,18,19);2*1-2H3. The van der Waals surface area contributed by atoms with E-state index in [1.54, 1.807) is 24.4 Å². The third kappa shape index (κ3) is 5.28. The Morgan fingerprint density at radius 3 is 2.31 bits per heavy atom. The molecule has 0 bridgehead atoms. The van der Waals surface area contributed by atoms with E-state index < -0.39 is 5.97 Å². The largest absolute Gasteiger partial charge is 0.464 e. The summed E-state index contributed by atoms with van der Waals surface area (Å²) in [7, 11) is 1.32. The number of ether oxygens (including phenoxy) is 1. The Morgan fingerprint density at radius 2 is 1.69 bits per heavy atom. The summed E-state index contributed by atoms with van der Waals surface area (Å²) in [5.41, 5.74) is 2.41. The molecule has 5 heteroatoms. The first-order chi connectivity index (χ1) is 12.7. The van der Waals surface area contributed by atoms with Crippen LogP contribution in [-0.2, 0) is 11.2 Å². The third-order valence-corrected chi connectivity index (χ3v) is 3.39. The number of H-pyrrole nitrogens is 1. The van der Waals surface area contributed by atoms with Crippen LogP contribution in [0, 0.1) is 0 Å². The van der Waals surface area contributed by atoms with Crippen LogP contribution in [0.2, 0.25) is 0 Å². The quantitative estimate of drug-likeness (QED) is 0.538. The van der Waals surface area contributed by atoms with Crippen molar-refractivity contribution < 1.29 is 14.3 Å². The Morgan fingerprint density at radius 1 is 1.04 bits per heavy atom. The van der Waals surface area contributed by atoms with Crippen molar-refractivity contribution in [1.82, 2.24) is 9.97 Å². The molecule has 3 rings (SSSR count). The molecule has 1 N–H and O–H groups in total. The van der Waals surface area contributed by atoms with Crippen LogP contribution in [0.1, 0.15) is 54.1 Å². The predicted molar refractivity (Wildman–Crippen MR) is 105 cm³/mol. The highest BCUT2D eigenvalue weighted by Crippen LogP contribution is 2.17. The first-order valence-electron chi connectivity index (χ1n) is 8.81. The second-order valence-corrected chi connectivity index (χ2v) is 4.92. The number of methoxy groups -OCH3 is 1. The van der Waals surface area contributed by atoms with Gasteiger partial charge < -0.3 is 9.72 Å². The average Bonchev–Trinajstić information content (AvgIpc) is 3.14. The van der Waals surface area contributed by atoms with E-state index in [9.17, 15) is 9.59 Å². The van der Waals surface area contributed by atoms with Crippen molar-refractivity contribution in [2.24, 2.45) is 0 Å². The van der Waals surface area contributed by atoms with Crippen molar-refractivity contribution in [1.29, 1.82) is 0 Å².